The van der Waals surface area contributed by atoms with Crippen LogP contribution in [0.3, 0.4) is 0 Å². The van der Waals surface area contributed by atoms with Crippen molar-refractivity contribution in [3.05, 3.63) is 64.3 Å². The maximum absolute atomic E-state index is 12.7. The summed E-state index contributed by atoms with van der Waals surface area (Å²) in [5, 5.41) is 3.08. The van der Waals surface area contributed by atoms with Crippen molar-refractivity contribution in [2.75, 3.05) is 5.73 Å². The molecule has 1 aromatic carbocycles. The largest absolute Gasteiger partial charge is 0.467 e. The summed E-state index contributed by atoms with van der Waals surface area (Å²) in [7, 11) is 0. The predicted molar refractivity (Wildman–Crippen MR) is 92.9 cm³/mol. The van der Waals surface area contributed by atoms with Crippen molar-refractivity contribution in [3.63, 3.8) is 0 Å². The molecule has 124 valence electrons. The molecule has 0 aliphatic rings. The van der Waals surface area contributed by atoms with Crippen molar-refractivity contribution in [1.82, 2.24) is 9.88 Å². The summed E-state index contributed by atoms with van der Waals surface area (Å²) in [4.78, 5) is 25.2. The van der Waals surface area contributed by atoms with Crippen LogP contribution in [0.5, 0.6) is 0 Å². The number of aromatic nitrogens is 1. The van der Waals surface area contributed by atoms with E-state index in [0.717, 1.165) is 5.52 Å². The normalized spacial score (nSPS) is 11.1. The van der Waals surface area contributed by atoms with Crippen LogP contribution < -0.4 is 16.5 Å². The zero-order valence-corrected chi connectivity index (χ0v) is 13.6. The molecule has 0 saturated carbocycles. The van der Waals surface area contributed by atoms with E-state index in [0.29, 0.717) is 16.8 Å². The van der Waals surface area contributed by atoms with Gasteiger partial charge in [-0.3, -0.25) is 9.59 Å². The van der Waals surface area contributed by atoms with Gasteiger partial charge >= 0.3 is 0 Å². The second-order valence-electron chi connectivity index (χ2n) is 5.88. The number of nitrogen functional groups attached to an aromatic ring is 1. The zero-order valence-electron chi connectivity index (χ0n) is 13.6. The van der Waals surface area contributed by atoms with E-state index in [4.69, 9.17) is 10.2 Å². The Labute approximate surface area is 138 Å². The lowest BCUT2D eigenvalue weighted by Crippen LogP contribution is -2.30. The van der Waals surface area contributed by atoms with Gasteiger partial charge in [-0.15, -0.1) is 0 Å². The summed E-state index contributed by atoms with van der Waals surface area (Å²) in [5.74, 6) is 0.170. The molecule has 6 heteroatoms. The summed E-state index contributed by atoms with van der Waals surface area (Å²) >= 11 is 0. The third-order valence-corrected chi connectivity index (χ3v) is 3.90. The maximum Gasteiger partial charge on any atom is 0.257 e. The van der Waals surface area contributed by atoms with Gasteiger partial charge in [-0.25, -0.2) is 0 Å². The Hall–Kier alpha value is -3.02. The molecular formula is C18H19N3O3. The Balaban J connectivity index is 2.07. The number of pyridine rings is 1. The van der Waals surface area contributed by atoms with Gasteiger partial charge in [0, 0.05) is 17.9 Å². The first-order valence-electron chi connectivity index (χ1n) is 7.73. The fourth-order valence-electron chi connectivity index (χ4n) is 2.69. The maximum atomic E-state index is 12.7. The molecule has 0 aliphatic heterocycles. The van der Waals surface area contributed by atoms with Crippen molar-refractivity contribution < 1.29 is 9.21 Å². The fraction of sp³-hybridized carbons (Fsp3) is 0.222. The Bertz CT molecular complexity index is 940. The number of rotatable bonds is 4. The van der Waals surface area contributed by atoms with E-state index in [1.165, 1.54) is 6.26 Å². The summed E-state index contributed by atoms with van der Waals surface area (Å²) in [6.45, 7) is 4.19. The highest BCUT2D eigenvalue weighted by Crippen LogP contribution is 2.21. The van der Waals surface area contributed by atoms with E-state index in [1.807, 2.05) is 24.5 Å². The summed E-state index contributed by atoms with van der Waals surface area (Å²) < 4.78 is 7.07. The number of hydrogen-bond donors (Lipinski definition) is 2. The summed E-state index contributed by atoms with van der Waals surface area (Å²) in [6, 6.07) is 8.87. The minimum absolute atomic E-state index is 0.0701. The molecule has 6 nitrogen and oxygen atoms in total. The molecule has 0 fully saturated rings. The van der Waals surface area contributed by atoms with Crippen LogP contribution in [0.2, 0.25) is 0 Å². The first kappa shape index (κ1) is 15.9. The van der Waals surface area contributed by atoms with E-state index >= 15 is 0 Å². The van der Waals surface area contributed by atoms with E-state index in [2.05, 4.69) is 5.32 Å². The quantitative estimate of drug-likeness (QED) is 0.722. The number of nitrogens with zero attached hydrogens (tertiary/aromatic N) is 1. The molecule has 3 rings (SSSR count). The van der Waals surface area contributed by atoms with Gasteiger partial charge < -0.3 is 20.0 Å². The highest BCUT2D eigenvalue weighted by molar-refractivity contribution is 6.00. The molecule has 0 bridgehead atoms. The first-order valence-corrected chi connectivity index (χ1v) is 7.73. The molecule has 0 saturated heterocycles. The minimum atomic E-state index is -0.448. The van der Waals surface area contributed by atoms with Crippen LogP contribution >= 0.6 is 0 Å². The molecule has 1 amide bonds. The standard InChI is InChI=1S/C18H19N3O3/c1-11(2)21-10-13(18(23)20-9-12-5-4-8-24-12)17(22)16-14(19)6-3-7-15(16)21/h3-8,10-11H,9,19H2,1-2H3,(H,20,23). The van der Waals surface area contributed by atoms with Gasteiger partial charge in [0.05, 0.1) is 23.7 Å². The van der Waals surface area contributed by atoms with E-state index in [1.54, 1.807) is 30.5 Å². The Kier molecular flexibility index (Phi) is 4.12. The van der Waals surface area contributed by atoms with Crippen LogP contribution in [0.4, 0.5) is 5.69 Å². The number of nitrogens with one attached hydrogen (secondary N) is 1. The molecule has 0 aliphatic carbocycles. The van der Waals surface area contributed by atoms with Crippen LogP contribution in [0.25, 0.3) is 10.9 Å². The third-order valence-electron chi connectivity index (χ3n) is 3.90. The minimum Gasteiger partial charge on any atom is -0.467 e. The highest BCUT2D eigenvalue weighted by atomic mass is 16.3. The SMILES string of the molecule is CC(C)n1cc(C(=O)NCc2ccco2)c(=O)c2c(N)cccc21. The number of nitrogens with two attached hydrogens (primary N) is 1. The number of amides is 1. The smallest absolute Gasteiger partial charge is 0.257 e. The molecular weight excluding hydrogens is 306 g/mol. The second kappa shape index (κ2) is 6.23. The van der Waals surface area contributed by atoms with Gasteiger partial charge in [-0.1, -0.05) is 6.07 Å². The Morgan fingerprint density at radius 2 is 2.08 bits per heavy atom. The predicted octanol–water partition coefficient (Wildman–Crippen LogP) is 2.69. The molecule has 3 N–H and O–H groups in total. The zero-order chi connectivity index (χ0) is 17.3. The van der Waals surface area contributed by atoms with Gasteiger partial charge in [0.1, 0.15) is 11.3 Å². The lowest BCUT2D eigenvalue weighted by atomic mass is 10.1. The molecule has 0 unspecified atom stereocenters. The lowest BCUT2D eigenvalue weighted by Gasteiger charge is -2.17. The van der Waals surface area contributed by atoms with E-state index < -0.39 is 5.91 Å². The number of carbonyl (C=O) groups is 1. The van der Waals surface area contributed by atoms with Gasteiger partial charge in [-0.2, -0.15) is 0 Å². The Morgan fingerprint density at radius 3 is 2.75 bits per heavy atom. The van der Waals surface area contributed by atoms with Crippen molar-refractivity contribution in [3.8, 4) is 0 Å². The van der Waals surface area contributed by atoms with E-state index in [9.17, 15) is 9.59 Å². The van der Waals surface area contributed by atoms with Crippen molar-refractivity contribution in [2.24, 2.45) is 0 Å². The first-order chi connectivity index (χ1) is 11.5. The number of fused-ring (bicyclic) bond motifs is 1. The molecule has 3 aromatic rings. The van der Waals surface area contributed by atoms with Crippen LogP contribution in [-0.4, -0.2) is 10.5 Å². The van der Waals surface area contributed by atoms with Crippen LogP contribution in [0.15, 0.2) is 52.0 Å². The highest BCUT2D eigenvalue weighted by Gasteiger charge is 2.18. The van der Waals surface area contributed by atoms with Gasteiger partial charge in [0.15, 0.2) is 0 Å². The number of hydrogen-bond acceptors (Lipinski definition) is 4. The number of furan rings is 1. The molecule has 24 heavy (non-hydrogen) atoms. The summed E-state index contributed by atoms with van der Waals surface area (Å²) in [6.07, 6.45) is 3.12. The summed E-state index contributed by atoms with van der Waals surface area (Å²) in [5.41, 5.74) is 6.78. The van der Waals surface area contributed by atoms with Crippen LogP contribution in [-0.2, 0) is 6.54 Å². The lowest BCUT2D eigenvalue weighted by molar-refractivity contribution is 0.0946. The topological polar surface area (TPSA) is 90.3 Å². The van der Waals surface area contributed by atoms with Crippen molar-refractivity contribution in [1.29, 1.82) is 0 Å². The van der Waals surface area contributed by atoms with Crippen LogP contribution in [0.1, 0.15) is 36.0 Å². The number of benzene rings is 1. The van der Waals surface area contributed by atoms with Gasteiger partial charge in [0.2, 0.25) is 5.43 Å². The average molecular weight is 325 g/mol. The van der Waals surface area contributed by atoms with Gasteiger partial charge in [0.25, 0.3) is 5.91 Å². The molecule has 2 aromatic heterocycles. The second-order valence-corrected chi connectivity index (χ2v) is 5.88. The molecule has 2 heterocycles. The molecule has 0 spiro atoms. The number of carbonyl (C=O) groups excluding carboxylic acids is 1. The third kappa shape index (κ3) is 2.78. The Morgan fingerprint density at radius 1 is 1.29 bits per heavy atom. The average Bonchev–Trinajstić information content (AvgIpc) is 3.06. The monoisotopic (exact) mass is 325 g/mol. The van der Waals surface area contributed by atoms with Crippen molar-refractivity contribution in [2.45, 2.75) is 26.4 Å². The van der Waals surface area contributed by atoms with Crippen molar-refractivity contribution >= 4 is 22.5 Å². The molecule has 0 atom stereocenters. The number of anilines is 1. The van der Waals surface area contributed by atoms with Crippen LogP contribution in [0, 0.1) is 0 Å². The molecule has 0 radical (unpaired) electrons. The fourth-order valence-corrected chi connectivity index (χ4v) is 2.69. The van der Waals surface area contributed by atoms with E-state index in [-0.39, 0.29) is 23.6 Å². The van der Waals surface area contributed by atoms with Gasteiger partial charge in [-0.05, 0) is 38.1 Å².